The van der Waals surface area contributed by atoms with E-state index in [2.05, 4.69) is 22.9 Å². The summed E-state index contributed by atoms with van der Waals surface area (Å²) < 4.78 is 11.6. The molecule has 0 aromatic carbocycles. The third-order valence-electron chi connectivity index (χ3n) is 9.46. The maximum Gasteiger partial charge on any atom is 0.407 e. The number of alkyl carbamates (subject to hydrolysis) is 1. The lowest BCUT2D eigenvalue weighted by atomic mass is 9.80. The Morgan fingerprint density at radius 1 is 0.788 bits per heavy atom. The molecule has 0 bridgehead atoms. The minimum Gasteiger partial charge on any atom is -0.441 e. The Morgan fingerprint density at radius 2 is 1.40 bits per heavy atom. The van der Waals surface area contributed by atoms with Gasteiger partial charge in [-0.2, -0.15) is 0 Å². The van der Waals surface area contributed by atoms with Gasteiger partial charge in [-0.3, -0.25) is 28.9 Å². The largest absolute Gasteiger partial charge is 0.441 e. The molecule has 1 aliphatic heterocycles. The summed E-state index contributed by atoms with van der Waals surface area (Å²) in [6, 6.07) is -0.737. The van der Waals surface area contributed by atoms with Gasteiger partial charge in [-0.25, -0.2) is 4.79 Å². The van der Waals surface area contributed by atoms with Crippen LogP contribution in [-0.4, -0.2) is 84.0 Å². The van der Waals surface area contributed by atoms with E-state index >= 15 is 0 Å². The van der Waals surface area contributed by atoms with Crippen LogP contribution < -0.4 is 21.7 Å². The number of nitrogens with one attached hydrogen (secondary N) is 3. The Morgan fingerprint density at radius 3 is 1.98 bits per heavy atom. The number of hydrogen-bond donors (Lipinski definition) is 4. The van der Waals surface area contributed by atoms with Crippen molar-refractivity contribution < 1.29 is 38.2 Å². The average Bonchev–Trinajstić information content (AvgIpc) is 3.34. The number of amides is 6. The fraction of sp³-hybridized carbons (Fsp3) is 0.846. The number of carbonyl (C=O) groups is 6. The zero-order valence-corrected chi connectivity index (χ0v) is 33.6. The highest BCUT2D eigenvalue weighted by Crippen LogP contribution is 2.35. The molecule has 1 heterocycles. The van der Waals surface area contributed by atoms with Crippen molar-refractivity contribution in [3.05, 3.63) is 0 Å². The quantitative estimate of drug-likeness (QED) is 0.0614. The van der Waals surface area contributed by atoms with Crippen LogP contribution in [0, 0.1) is 11.3 Å². The van der Waals surface area contributed by atoms with Crippen LogP contribution in [0.15, 0.2) is 0 Å². The summed E-state index contributed by atoms with van der Waals surface area (Å²) in [7, 11) is 0. The smallest absolute Gasteiger partial charge is 0.407 e. The number of unbranched alkanes of at least 4 members (excludes halogenated alkanes) is 9. The fourth-order valence-electron chi connectivity index (χ4n) is 5.97. The van der Waals surface area contributed by atoms with Gasteiger partial charge in [-0.1, -0.05) is 79.1 Å². The van der Waals surface area contributed by atoms with E-state index in [1.165, 1.54) is 43.4 Å². The molecule has 2 atom stereocenters. The minimum absolute atomic E-state index is 0.0351. The molecular formula is C39H71N5O8. The summed E-state index contributed by atoms with van der Waals surface area (Å²) >= 11 is 0. The van der Waals surface area contributed by atoms with E-state index in [0.717, 1.165) is 19.3 Å². The molecule has 52 heavy (non-hydrogen) atoms. The highest BCUT2D eigenvalue weighted by Gasteiger charge is 2.44. The van der Waals surface area contributed by atoms with Crippen molar-refractivity contribution in [1.82, 2.24) is 20.9 Å². The van der Waals surface area contributed by atoms with Crippen molar-refractivity contribution in [2.75, 3.05) is 26.2 Å². The van der Waals surface area contributed by atoms with Gasteiger partial charge in [0.1, 0.15) is 11.6 Å². The first-order chi connectivity index (χ1) is 24.3. The van der Waals surface area contributed by atoms with Crippen LogP contribution in [0.2, 0.25) is 0 Å². The van der Waals surface area contributed by atoms with Crippen LogP contribution in [0.4, 0.5) is 4.79 Å². The van der Waals surface area contributed by atoms with Gasteiger partial charge in [-0.05, 0) is 65.2 Å². The zero-order valence-electron chi connectivity index (χ0n) is 33.6. The Balaban J connectivity index is 2.25. The van der Waals surface area contributed by atoms with Gasteiger partial charge < -0.3 is 31.2 Å². The number of nitrogens with two attached hydrogens (primary N) is 1. The molecule has 1 saturated heterocycles. The number of hydrogen-bond acceptors (Lipinski definition) is 8. The first kappa shape index (κ1) is 46.8. The van der Waals surface area contributed by atoms with E-state index in [9.17, 15) is 28.8 Å². The zero-order chi connectivity index (χ0) is 39.4. The number of likely N-dealkylation sites (tertiary alicyclic amines) is 1. The highest BCUT2D eigenvalue weighted by molar-refractivity contribution is 6.04. The van der Waals surface area contributed by atoms with Gasteiger partial charge in [0.05, 0.1) is 18.1 Å². The number of ether oxygens (including phenoxy) is 2. The number of imide groups is 1. The molecular weight excluding hydrogens is 666 g/mol. The number of rotatable bonds is 27. The van der Waals surface area contributed by atoms with Gasteiger partial charge in [0.25, 0.3) is 0 Å². The van der Waals surface area contributed by atoms with E-state index < -0.39 is 29.2 Å². The molecule has 5 N–H and O–H groups in total. The topological polar surface area (TPSA) is 186 Å². The van der Waals surface area contributed by atoms with Crippen LogP contribution in [0.25, 0.3) is 0 Å². The molecule has 6 amide bonds. The van der Waals surface area contributed by atoms with E-state index in [-0.39, 0.29) is 61.0 Å². The van der Waals surface area contributed by atoms with Gasteiger partial charge in [0.15, 0.2) is 0 Å². The lowest BCUT2D eigenvalue weighted by Crippen LogP contribution is -2.44. The SMILES string of the molecule is CCCCCCCCCCCC(=O)NC(CCCCNC(=O)OC(C)(C)COC(C)(C)CCNC(=O)CCN1C(=O)CC(C(C)(C)C)C1=O)C(N)=O. The molecule has 1 rings (SSSR count). The molecule has 0 saturated carbocycles. The Kier molecular flexibility index (Phi) is 21.1. The maximum absolute atomic E-state index is 12.7. The van der Waals surface area contributed by atoms with Crippen LogP contribution in [0.3, 0.4) is 0 Å². The first-order valence-electron chi connectivity index (χ1n) is 19.6. The minimum atomic E-state index is -0.930. The van der Waals surface area contributed by atoms with E-state index in [1.807, 2.05) is 34.6 Å². The van der Waals surface area contributed by atoms with Gasteiger partial charge in [0.2, 0.25) is 29.5 Å². The molecule has 0 aromatic rings. The second kappa shape index (κ2) is 23.4. The lowest BCUT2D eigenvalue weighted by Gasteiger charge is -2.32. The van der Waals surface area contributed by atoms with E-state index in [1.54, 1.807) is 13.8 Å². The second-order valence-corrected chi connectivity index (χ2v) is 16.6. The van der Waals surface area contributed by atoms with Crippen LogP contribution in [0.5, 0.6) is 0 Å². The van der Waals surface area contributed by atoms with Crippen molar-refractivity contribution >= 4 is 35.6 Å². The summed E-state index contributed by atoms with van der Waals surface area (Å²) in [5, 5.41) is 8.30. The van der Waals surface area contributed by atoms with Crippen molar-refractivity contribution in [2.45, 2.75) is 175 Å². The van der Waals surface area contributed by atoms with Crippen molar-refractivity contribution in [3.63, 3.8) is 0 Å². The monoisotopic (exact) mass is 738 g/mol. The predicted octanol–water partition coefficient (Wildman–Crippen LogP) is 5.67. The summed E-state index contributed by atoms with van der Waals surface area (Å²) in [6.45, 7) is 16.1. The molecule has 0 aliphatic carbocycles. The van der Waals surface area contributed by atoms with Crippen molar-refractivity contribution in [2.24, 2.45) is 17.1 Å². The van der Waals surface area contributed by atoms with Crippen LogP contribution in [-0.2, 0) is 33.4 Å². The lowest BCUT2D eigenvalue weighted by molar-refractivity contribution is -0.140. The van der Waals surface area contributed by atoms with Crippen molar-refractivity contribution in [1.29, 1.82) is 0 Å². The standard InChI is InChI=1S/C39H71N5O8/c1-9-10-11-12-13-14-15-16-17-21-32(46)43-30(34(40)48)20-18-19-24-42-36(50)52-39(7,8)28-51-38(5,6)23-25-41-31(45)22-26-44-33(47)27-29(35(44)49)37(2,3)4/h29-30H,9-28H2,1-8H3,(H2,40,48)(H,41,45)(H,42,50)(H,43,46). The summed E-state index contributed by atoms with van der Waals surface area (Å²) in [5.41, 5.74) is 3.64. The third-order valence-corrected chi connectivity index (χ3v) is 9.46. The number of primary amides is 1. The molecule has 0 radical (unpaired) electrons. The van der Waals surface area contributed by atoms with Crippen molar-refractivity contribution in [3.8, 4) is 0 Å². The van der Waals surface area contributed by atoms with Gasteiger partial charge >= 0.3 is 6.09 Å². The summed E-state index contributed by atoms with van der Waals surface area (Å²) in [4.78, 5) is 75.3. The Labute approximate surface area is 313 Å². The van der Waals surface area contributed by atoms with Gasteiger partial charge in [-0.15, -0.1) is 0 Å². The molecule has 1 aliphatic rings. The molecule has 300 valence electrons. The predicted molar refractivity (Wildman–Crippen MR) is 202 cm³/mol. The highest BCUT2D eigenvalue weighted by atomic mass is 16.6. The third kappa shape index (κ3) is 20.1. The Hall–Kier alpha value is -3.22. The maximum atomic E-state index is 12.7. The molecule has 0 aromatic heterocycles. The molecule has 13 heteroatoms. The molecule has 1 fully saturated rings. The molecule has 0 spiro atoms. The summed E-state index contributed by atoms with van der Waals surface area (Å²) in [6.07, 6.45) is 12.5. The van der Waals surface area contributed by atoms with E-state index in [0.29, 0.717) is 45.2 Å². The van der Waals surface area contributed by atoms with Crippen LogP contribution in [0.1, 0.15) is 158 Å². The second-order valence-electron chi connectivity index (χ2n) is 16.6. The average molecular weight is 738 g/mol. The Bertz CT molecular complexity index is 1150. The number of carbonyl (C=O) groups excluding carboxylic acids is 6. The van der Waals surface area contributed by atoms with Crippen LogP contribution >= 0.6 is 0 Å². The van der Waals surface area contributed by atoms with Gasteiger partial charge in [0, 0.05) is 38.9 Å². The molecule has 2 unspecified atom stereocenters. The summed E-state index contributed by atoms with van der Waals surface area (Å²) in [5.74, 6) is -1.80. The van der Waals surface area contributed by atoms with E-state index in [4.69, 9.17) is 15.2 Å². The first-order valence-corrected chi connectivity index (χ1v) is 19.6. The molecule has 13 nitrogen and oxygen atoms in total. The normalized spacial score (nSPS) is 15.8. The fourth-order valence-corrected chi connectivity index (χ4v) is 5.97. The number of nitrogens with zero attached hydrogens (tertiary/aromatic N) is 1.